The fourth-order valence-electron chi connectivity index (χ4n) is 2.61. The van der Waals surface area contributed by atoms with Crippen LogP contribution in [0.2, 0.25) is 0 Å². The molecule has 0 saturated carbocycles. The highest BCUT2D eigenvalue weighted by atomic mass is 16.5. The number of benzene rings is 1. The van der Waals surface area contributed by atoms with Crippen LogP contribution in [0.4, 0.5) is 0 Å². The van der Waals surface area contributed by atoms with Gasteiger partial charge in [-0.05, 0) is 58.3 Å². The molecule has 1 aromatic carbocycles. The molecule has 0 amide bonds. The van der Waals surface area contributed by atoms with E-state index in [2.05, 4.69) is 0 Å². The molecule has 0 spiro atoms. The van der Waals surface area contributed by atoms with Crippen LogP contribution in [0.3, 0.4) is 0 Å². The van der Waals surface area contributed by atoms with Gasteiger partial charge >= 0.3 is 0 Å². The van der Waals surface area contributed by atoms with Gasteiger partial charge in [0.05, 0.1) is 5.56 Å². The molecule has 1 atom stereocenters. The predicted molar refractivity (Wildman–Crippen MR) is 89.2 cm³/mol. The number of aldehydes is 1. The zero-order valence-corrected chi connectivity index (χ0v) is 13.8. The lowest BCUT2D eigenvalue weighted by Gasteiger charge is -2.26. The molecule has 0 aliphatic carbocycles. The zero-order chi connectivity index (χ0) is 17.0. The van der Waals surface area contributed by atoms with Gasteiger partial charge in [0.25, 0.3) is 0 Å². The fraction of sp³-hybridized carbons (Fsp3) is 0.368. The number of phenols is 1. The first-order valence-electron chi connectivity index (χ1n) is 7.74. The van der Waals surface area contributed by atoms with E-state index in [1.807, 2.05) is 19.9 Å². The highest BCUT2D eigenvalue weighted by Crippen LogP contribution is 2.37. The lowest BCUT2D eigenvalue weighted by molar-refractivity contribution is -0.112. The largest absolute Gasteiger partial charge is 0.507 e. The molecule has 23 heavy (non-hydrogen) atoms. The van der Waals surface area contributed by atoms with E-state index in [0.717, 1.165) is 11.1 Å². The standard InChI is InChI=1S/C19H22O4/c1-12(2)4-6-14-10-18-16(17(11-20)19(14)22)9-8-15(23-18)7-5-13(3)21/h4-5,7,10-11,15,22H,6,8-9H2,1-3H3/t15-/m1/s1. The van der Waals surface area contributed by atoms with Crippen molar-refractivity contribution >= 4 is 12.1 Å². The summed E-state index contributed by atoms with van der Waals surface area (Å²) in [5, 5.41) is 10.3. The van der Waals surface area contributed by atoms with Crippen LogP contribution in [0.15, 0.2) is 29.9 Å². The number of hydrogen-bond donors (Lipinski definition) is 1. The van der Waals surface area contributed by atoms with Crippen molar-refractivity contribution in [3.8, 4) is 11.5 Å². The second-order valence-electron chi connectivity index (χ2n) is 6.04. The Morgan fingerprint density at radius 1 is 1.39 bits per heavy atom. The predicted octanol–water partition coefficient (Wildman–Crippen LogP) is 3.55. The van der Waals surface area contributed by atoms with E-state index in [1.54, 1.807) is 12.1 Å². The minimum absolute atomic E-state index is 0.0251. The van der Waals surface area contributed by atoms with Crippen molar-refractivity contribution < 1.29 is 19.4 Å². The number of rotatable bonds is 5. The molecular weight excluding hydrogens is 292 g/mol. The van der Waals surface area contributed by atoms with Gasteiger partial charge in [0, 0.05) is 11.1 Å². The van der Waals surface area contributed by atoms with Gasteiger partial charge in [-0.25, -0.2) is 0 Å². The minimum atomic E-state index is -0.188. The van der Waals surface area contributed by atoms with Crippen molar-refractivity contribution in [3.05, 3.63) is 46.6 Å². The topological polar surface area (TPSA) is 63.6 Å². The summed E-state index contributed by atoms with van der Waals surface area (Å²) < 4.78 is 5.90. The molecule has 0 unspecified atom stereocenters. The molecule has 0 bridgehead atoms. The first-order chi connectivity index (χ1) is 10.9. The van der Waals surface area contributed by atoms with Crippen molar-refractivity contribution in [2.24, 2.45) is 0 Å². The average Bonchev–Trinajstić information content (AvgIpc) is 2.50. The normalized spacial score (nSPS) is 16.6. The smallest absolute Gasteiger partial charge is 0.154 e. The van der Waals surface area contributed by atoms with Crippen molar-refractivity contribution in [1.82, 2.24) is 0 Å². The number of carbonyl (C=O) groups excluding carboxylic acids is 2. The van der Waals surface area contributed by atoms with Crippen LogP contribution < -0.4 is 4.74 Å². The molecule has 1 aromatic rings. The number of fused-ring (bicyclic) bond motifs is 1. The Labute approximate surface area is 136 Å². The molecule has 0 saturated heterocycles. The van der Waals surface area contributed by atoms with Gasteiger partial charge in [-0.2, -0.15) is 0 Å². The molecular formula is C19H22O4. The molecule has 4 heteroatoms. The van der Waals surface area contributed by atoms with Crippen molar-refractivity contribution in [2.45, 2.75) is 46.1 Å². The number of ether oxygens (including phenoxy) is 1. The lowest BCUT2D eigenvalue weighted by atomic mass is 9.93. The Bertz CT molecular complexity index is 679. The molecule has 0 fully saturated rings. The average molecular weight is 314 g/mol. The summed E-state index contributed by atoms with van der Waals surface area (Å²) in [4.78, 5) is 22.4. The Balaban J connectivity index is 2.37. The molecule has 122 valence electrons. The van der Waals surface area contributed by atoms with Crippen LogP contribution in [-0.4, -0.2) is 23.3 Å². The number of aromatic hydroxyl groups is 1. The third kappa shape index (κ3) is 4.09. The SMILES string of the molecule is CC(=O)C=C[C@@H]1CCc2c(cc(CC=C(C)C)c(O)c2C=O)O1. The van der Waals surface area contributed by atoms with Gasteiger partial charge in [-0.3, -0.25) is 9.59 Å². The second-order valence-corrected chi connectivity index (χ2v) is 6.04. The summed E-state index contributed by atoms with van der Waals surface area (Å²) in [6.07, 6.45) is 7.58. The fourth-order valence-corrected chi connectivity index (χ4v) is 2.61. The van der Waals surface area contributed by atoms with Crippen LogP contribution in [0.5, 0.6) is 11.5 Å². The lowest BCUT2D eigenvalue weighted by Crippen LogP contribution is -2.22. The Morgan fingerprint density at radius 3 is 2.74 bits per heavy atom. The van der Waals surface area contributed by atoms with E-state index >= 15 is 0 Å². The molecule has 2 rings (SSSR count). The van der Waals surface area contributed by atoms with E-state index in [0.29, 0.717) is 42.4 Å². The molecule has 0 aromatic heterocycles. The van der Waals surface area contributed by atoms with E-state index in [-0.39, 0.29) is 17.6 Å². The van der Waals surface area contributed by atoms with Crippen molar-refractivity contribution in [3.63, 3.8) is 0 Å². The first-order valence-corrected chi connectivity index (χ1v) is 7.74. The molecule has 1 aliphatic heterocycles. The van der Waals surface area contributed by atoms with Gasteiger partial charge in [0.2, 0.25) is 0 Å². The van der Waals surface area contributed by atoms with Gasteiger partial charge in [0.1, 0.15) is 17.6 Å². The number of ketones is 1. The van der Waals surface area contributed by atoms with Gasteiger partial charge in [-0.1, -0.05) is 11.6 Å². The summed E-state index contributed by atoms with van der Waals surface area (Å²) in [5.74, 6) is 0.631. The number of carbonyl (C=O) groups is 2. The Hall–Kier alpha value is -2.36. The maximum atomic E-state index is 11.4. The molecule has 1 N–H and O–H groups in total. The third-order valence-electron chi connectivity index (χ3n) is 3.84. The summed E-state index contributed by atoms with van der Waals surface area (Å²) in [6, 6.07) is 1.80. The third-order valence-corrected chi connectivity index (χ3v) is 3.84. The van der Waals surface area contributed by atoms with E-state index in [1.165, 1.54) is 13.0 Å². The zero-order valence-electron chi connectivity index (χ0n) is 13.8. The quantitative estimate of drug-likeness (QED) is 0.513. The minimum Gasteiger partial charge on any atom is -0.507 e. The van der Waals surface area contributed by atoms with Crippen molar-refractivity contribution in [1.29, 1.82) is 0 Å². The molecule has 4 nitrogen and oxygen atoms in total. The van der Waals surface area contributed by atoms with E-state index < -0.39 is 0 Å². The summed E-state index contributed by atoms with van der Waals surface area (Å²) in [6.45, 7) is 5.46. The highest BCUT2D eigenvalue weighted by Gasteiger charge is 2.24. The number of hydrogen-bond acceptors (Lipinski definition) is 4. The van der Waals surface area contributed by atoms with Gasteiger partial charge in [-0.15, -0.1) is 0 Å². The molecule has 1 heterocycles. The number of phenolic OH excluding ortho intramolecular Hbond substituents is 1. The molecule has 1 aliphatic rings. The first kappa shape index (κ1) is 17.0. The summed E-state index contributed by atoms with van der Waals surface area (Å²) >= 11 is 0. The van der Waals surface area contributed by atoms with Gasteiger partial charge < -0.3 is 9.84 Å². The van der Waals surface area contributed by atoms with Crippen LogP contribution in [-0.2, 0) is 17.6 Å². The second kappa shape index (κ2) is 7.27. The molecule has 0 radical (unpaired) electrons. The Morgan fingerprint density at radius 2 is 2.13 bits per heavy atom. The van der Waals surface area contributed by atoms with E-state index in [4.69, 9.17) is 4.74 Å². The van der Waals surface area contributed by atoms with Gasteiger partial charge in [0.15, 0.2) is 12.1 Å². The maximum absolute atomic E-state index is 11.4. The van der Waals surface area contributed by atoms with Crippen LogP contribution >= 0.6 is 0 Å². The van der Waals surface area contributed by atoms with E-state index in [9.17, 15) is 14.7 Å². The summed E-state index contributed by atoms with van der Waals surface area (Å²) in [5.41, 5.74) is 2.86. The monoisotopic (exact) mass is 314 g/mol. The highest BCUT2D eigenvalue weighted by molar-refractivity contribution is 5.87. The van der Waals surface area contributed by atoms with Crippen molar-refractivity contribution in [2.75, 3.05) is 0 Å². The number of allylic oxidation sites excluding steroid dienone is 3. The Kier molecular flexibility index (Phi) is 5.37. The maximum Gasteiger partial charge on any atom is 0.154 e. The summed E-state index contributed by atoms with van der Waals surface area (Å²) in [7, 11) is 0. The van der Waals surface area contributed by atoms with Crippen LogP contribution in [0, 0.1) is 0 Å². The van der Waals surface area contributed by atoms with Crippen LogP contribution in [0.1, 0.15) is 48.7 Å². The van der Waals surface area contributed by atoms with Crippen LogP contribution in [0.25, 0.3) is 0 Å².